The summed E-state index contributed by atoms with van der Waals surface area (Å²) in [6.45, 7) is 6.01. The molecule has 1 aromatic rings. The predicted octanol–water partition coefficient (Wildman–Crippen LogP) is 2.71. The molecule has 3 nitrogen and oxygen atoms in total. The Morgan fingerprint density at radius 2 is 2.32 bits per heavy atom. The monoisotopic (exact) mass is 302 g/mol. The lowest BCUT2D eigenvalue weighted by Gasteiger charge is -2.27. The van der Waals surface area contributed by atoms with Gasteiger partial charge < -0.3 is 10.6 Å². The average molecular weight is 303 g/mol. The minimum atomic E-state index is 0. The van der Waals surface area contributed by atoms with Crippen molar-refractivity contribution in [3.05, 3.63) is 22.4 Å². The van der Waals surface area contributed by atoms with Crippen molar-refractivity contribution in [3.63, 3.8) is 0 Å². The molecule has 0 aromatic carbocycles. The Morgan fingerprint density at radius 1 is 1.53 bits per heavy atom. The normalized spacial score (nSPS) is 19.6. The van der Waals surface area contributed by atoms with E-state index in [2.05, 4.69) is 42.0 Å². The molecular weight excluding hydrogens is 280 g/mol. The quantitative estimate of drug-likeness (QED) is 0.898. The number of thiophene rings is 1. The molecular formula is C14H23ClN2OS. The molecule has 2 rings (SSSR count). The zero-order valence-corrected chi connectivity index (χ0v) is 13.2. The first-order chi connectivity index (χ1) is 8.59. The number of hydrogen-bond acceptors (Lipinski definition) is 3. The summed E-state index contributed by atoms with van der Waals surface area (Å²) < 4.78 is 0. The third-order valence-corrected chi connectivity index (χ3v) is 4.76. The molecule has 2 N–H and O–H groups in total. The van der Waals surface area contributed by atoms with Gasteiger partial charge in [-0.25, -0.2) is 0 Å². The molecule has 0 bridgehead atoms. The van der Waals surface area contributed by atoms with Crippen LogP contribution in [-0.4, -0.2) is 25.0 Å². The zero-order valence-electron chi connectivity index (χ0n) is 11.6. The molecule has 1 aliphatic heterocycles. The van der Waals surface area contributed by atoms with Crippen LogP contribution >= 0.6 is 23.7 Å². The largest absolute Gasteiger partial charge is 0.354 e. The molecule has 0 radical (unpaired) electrons. The Morgan fingerprint density at radius 3 is 2.89 bits per heavy atom. The van der Waals surface area contributed by atoms with E-state index in [1.807, 2.05) is 0 Å². The number of nitrogens with one attached hydrogen (secondary N) is 2. The molecule has 0 saturated carbocycles. The molecule has 108 valence electrons. The van der Waals surface area contributed by atoms with Crippen molar-refractivity contribution in [1.29, 1.82) is 0 Å². The summed E-state index contributed by atoms with van der Waals surface area (Å²) >= 11 is 1.75. The van der Waals surface area contributed by atoms with E-state index in [-0.39, 0.29) is 29.8 Å². The number of piperidine rings is 1. The van der Waals surface area contributed by atoms with Crippen LogP contribution in [0.3, 0.4) is 0 Å². The number of carbonyl (C=O) groups is 1. The molecule has 1 aromatic heterocycles. The molecule has 19 heavy (non-hydrogen) atoms. The van der Waals surface area contributed by atoms with Gasteiger partial charge in [0, 0.05) is 16.8 Å². The molecule has 1 fully saturated rings. The van der Waals surface area contributed by atoms with Gasteiger partial charge in [0.15, 0.2) is 0 Å². The van der Waals surface area contributed by atoms with E-state index in [1.165, 1.54) is 11.3 Å². The Hall–Kier alpha value is -0.580. The molecule has 2 heterocycles. The van der Waals surface area contributed by atoms with Crippen LogP contribution in [0, 0.1) is 0 Å². The van der Waals surface area contributed by atoms with E-state index in [0.29, 0.717) is 6.54 Å². The lowest BCUT2D eigenvalue weighted by molar-refractivity contribution is -0.123. The summed E-state index contributed by atoms with van der Waals surface area (Å²) in [6, 6.07) is 4.21. The molecule has 1 saturated heterocycles. The molecule has 0 unspecified atom stereocenters. The fourth-order valence-corrected chi connectivity index (χ4v) is 3.11. The van der Waals surface area contributed by atoms with E-state index in [1.54, 1.807) is 11.3 Å². The molecule has 1 atom stereocenters. The van der Waals surface area contributed by atoms with Crippen LogP contribution in [0.2, 0.25) is 0 Å². The highest BCUT2D eigenvalue weighted by atomic mass is 35.5. The second-order valence-corrected chi connectivity index (χ2v) is 6.53. The highest BCUT2D eigenvalue weighted by Crippen LogP contribution is 2.26. The van der Waals surface area contributed by atoms with Gasteiger partial charge in [-0.15, -0.1) is 23.7 Å². The van der Waals surface area contributed by atoms with Crippen LogP contribution in [-0.2, 0) is 10.2 Å². The van der Waals surface area contributed by atoms with Gasteiger partial charge in [0.2, 0.25) is 5.91 Å². The first-order valence-corrected chi connectivity index (χ1v) is 7.53. The van der Waals surface area contributed by atoms with Crippen LogP contribution in [0.5, 0.6) is 0 Å². The number of halogens is 1. The van der Waals surface area contributed by atoms with Gasteiger partial charge in [0.25, 0.3) is 0 Å². The van der Waals surface area contributed by atoms with Crippen molar-refractivity contribution in [2.24, 2.45) is 0 Å². The zero-order chi connectivity index (χ0) is 13.0. The van der Waals surface area contributed by atoms with Crippen LogP contribution in [0.25, 0.3) is 0 Å². The summed E-state index contributed by atoms with van der Waals surface area (Å²) in [6.07, 6.45) is 3.30. The van der Waals surface area contributed by atoms with Crippen LogP contribution in [0.1, 0.15) is 38.0 Å². The number of carbonyl (C=O) groups excluding carboxylic acids is 1. The smallest absolute Gasteiger partial charge is 0.237 e. The summed E-state index contributed by atoms with van der Waals surface area (Å²) in [5.41, 5.74) is 0.0124. The van der Waals surface area contributed by atoms with E-state index in [9.17, 15) is 4.79 Å². The highest BCUT2D eigenvalue weighted by Gasteiger charge is 2.25. The second kappa shape index (κ2) is 7.27. The Kier molecular flexibility index (Phi) is 6.30. The van der Waals surface area contributed by atoms with E-state index in [4.69, 9.17) is 0 Å². The van der Waals surface area contributed by atoms with Crippen molar-refractivity contribution >= 4 is 29.7 Å². The Bertz CT molecular complexity index is 386. The van der Waals surface area contributed by atoms with Gasteiger partial charge in [0.05, 0.1) is 6.04 Å². The minimum absolute atomic E-state index is 0. The SMILES string of the molecule is CC(C)(CNC(=O)[C@H]1CCCCN1)c1cccs1.Cl. The van der Waals surface area contributed by atoms with Gasteiger partial charge in [-0.3, -0.25) is 4.79 Å². The molecule has 1 amide bonds. The van der Waals surface area contributed by atoms with Crippen molar-refractivity contribution in [3.8, 4) is 0 Å². The minimum Gasteiger partial charge on any atom is -0.354 e. The van der Waals surface area contributed by atoms with Crippen molar-refractivity contribution in [1.82, 2.24) is 10.6 Å². The summed E-state index contributed by atoms with van der Waals surface area (Å²) in [5, 5.41) is 8.45. The molecule has 0 spiro atoms. The highest BCUT2D eigenvalue weighted by molar-refractivity contribution is 7.10. The average Bonchev–Trinajstić information content (AvgIpc) is 2.92. The fourth-order valence-electron chi connectivity index (χ4n) is 2.26. The Balaban J connectivity index is 0.00000180. The lowest BCUT2D eigenvalue weighted by atomic mass is 9.91. The standard InChI is InChI=1S/C14H22N2OS.ClH/c1-14(2,12-7-5-9-18-12)10-16-13(17)11-6-3-4-8-15-11;/h5,7,9,11,15H,3-4,6,8,10H2,1-2H3,(H,16,17);1H/t11-;/m1./s1. The Labute approximate surface area is 125 Å². The first-order valence-electron chi connectivity index (χ1n) is 6.65. The third kappa shape index (κ3) is 4.48. The van der Waals surface area contributed by atoms with Gasteiger partial charge in [-0.05, 0) is 30.8 Å². The fraction of sp³-hybridized carbons (Fsp3) is 0.643. The van der Waals surface area contributed by atoms with Crippen LogP contribution in [0.4, 0.5) is 0 Å². The van der Waals surface area contributed by atoms with Crippen molar-refractivity contribution in [2.45, 2.75) is 44.6 Å². The van der Waals surface area contributed by atoms with E-state index < -0.39 is 0 Å². The second-order valence-electron chi connectivity index (χ2n) is 5.58. The van der Waals surface area contributed by atoms with Crippen LogP contribution < -0.4 is 10.6 Å². The third-order valence-electron chi connectivity index (χ3n) is 3.52. The van der Waals surface area contributed by atoms with Crippen molar-refractivity contribution in [2.75, 3.05) is 13.1 Å². The van der Waals surface area contributed by atoms with Gasteiger partial charge >= 0.3 is 0 Å². The van der Waals surface area contributed by atoms with Crippen LogP contribution in [0.15, 0.2) is 17.5 Å². The molecule has 1 aliphatic rings. The summed E-state index contributed by atoms with van der Waals surface area (Å²) in [7, 11) is 0. The number of hydrogen-bond donors (Lipinski definition) is 2. The van der Waals surface area contributed by atoms with Gasteiger partial charge in [0.1, 0.15) is 0 Å². The predicted molar refractivity (Wildman–Crippen MR) is 83.2 cm³/mol. The maximum Gasteiger partial charge on any atom is 0.237 e. The summed E-state index contributed by atoms with van der Waals surface area (Å²) in [4.78, 5) is 13.4. The maximum atomic E-state index is 12.0. The molecule has 0 aliphatic carbocycles. The topological polar surface area (TPSA) is 41.1 Å². The van der Waals surface area contributed by atoms with Crippen molar-refractivity contribution < 1.29 is 4.79 Å². The maximum absolute atomic E-state index is 12.0. The molecule has 5 heteroatoms. The number of rotatable bonds is 4. The lowest BCUT2D eigenvalue weighted by Crippen LogP contribution is -2.49. The van der Waals surface area contributed by atoms with E-state index in [0.717, 1.165) is 19.4 Å². The van der Waals surface area contributed by atoms with Gasteiger partial charge in [-0.2, -0.15) is 0 Å². The van der Waals surface area contributed by atoms with Gasteiger partial charge in [-0.1, -0.05) is 26.3 Å². The van der Waals surface area contributed by atoms with E-state index >= 15 is 0 Å². The first kappa shape index (κ1) is 16.5. The summed E-state index contributed by atoms with van der Waals surface area (Å²) in [5.74, 6) is 0.152. The number of amides is 1.